The standard InChI is InChI=1S/C15H13BrClI/c1-9-8-13(17)10(2)7-12(9)15(16)11-5-3-4-6-14(11)18/h3-8,15H,1-2H3. The molecule has 94 valence electrons. The Morgan fingerprint density at radius 2 is 1.72 bits per heavy atom. The third-order valence-electron chi connectivity index (χ3n) is 3.00. The lowest BCUT2D eigenvalue weighted by Crippen LogP contribution is -1.99. The van der Waals surface area contributed by atoms with Gasteiger partial charge in [0.25, 0.3) is 0 Å². The lowest BCUT2D eigenvalue weighted by Gasteiger charge is -2.16. The number of aryl methyl sites for hydroxylation is 2. The first kappa shape index (κ1) is 14.4. The smallest absolute Gasteiger partial charge is 0.0657 e. The minimum atomic E-state index is 0.210. The topological polar surface area (TPSA) is 0 Å². The Morgan fingerprint density at radius 1 is 1.06 bits per heavy atom. The molecule has 1 atom stereocenters. The maximum atomic E-state index is 6.15. The summed E-state index contributed by atoms with van der Waals surface area (Å²) in [7, 11) is 0. The Bertz CT molecular complexity index is 581. The summed E-state index contributed by atoms with van der Waals surface area (Å²) in [5.41, 5.74) is 4.91. The van der Waals surface area contributed by atoms with Gasteiger partial charge in [0.2, 0.25) is 0 Å². The molecule has 0 fully saturated rings. The van der Waals surface area contributed by atoms with Gasteiger partial charge in [0.1, 0.15) is 0 Å². The van der Waals surface area contributed by atoms with Crippen molar-refractivity contribution in [1.29, 1.82) is 0 Å². The summed E-state index contributed by atoms with van der Waals surface area (Å²) in [6.07, 6.45) is 0. The lowest BCUT2D eigenvalue weighted by molar-refractivity contribution is 1.12. The molecule has 0 radical (unpaired) electrons. The Kier molecular flexibility index (Phi) is 4.73. The Morgan fingerprint density at radius 3 is 2.39 bits per heavy atom. The SMILES string of the molecule is Cc1cc(C(Br)c2ccccc2I)c(C)cc1Cl. The van der Waals surface area contributed by atoms with E-state index in [0.717, 1.165) is 10.6 Å². The summed E-state index contributed by atoms with van der Waals surface area (Å²) < 4.78 is 1.27. The van der Waals surface area contributed by atoms with Gasteiger partial charge in [-0.25, -0.2) is 0 Å². The van der Waals surface area contributed by atoms with Gasteiger partial charge in [-0.2, -0.15) is 0 Å². The maximum Gasteiger partial charge on any atom is 0.0657 e. The van der Waals surface area contributed by atoms with Crippen LogP contribution < -0.4 is 0 Å². The van der Waals surface area contributed by atoms with E-state index in [1.807, 2.05) is 13.0 Å². The molecule has 0 aliphatic heterocycles. The zero-order chi connectivity index (χ0) is 13.3. The molecule has 0 amide bonds. The van der Waals surface area contributed by atoms with Crippen molar-refractivity contribution in [2.24, 2.45) is 0 Å². The van der Waals surface area contributed by atoms with Crippen LogP contribution in [-0.4, -0.2) is 0 Å². The molecule has 0 saturated heterocycles. The van der Waals surface area contributed by atoms with Gasteiger partial charge in [0.15, 0.2) is 0 Å². The number of hydrogen-bond acceptors (Lipinski definition) is 0. The zero-order valence-electron chi connectivity index (χ0n) is 10.2. The molecule has 3 heteroatoms. The molecule has 0 heterocycles. The molecule has 2 aromatic carbocycles. The molecule has 18 heavy (non-hydrogen) atoms. The van der Waals surface area contributed by atoms with Crippen LogP contribution in [0, 0.1) is 17.4 Å². The van der Waals surface area contributed by atoms with Gasteiger partial charge in [-0.3, -0.25) is 0 Å². The van der Waals surface area contributed by atoms with Crippen LogP contribution in [-0.2, 0) is 0 Å². The van der Waals surface area contributed by atoms with Gasteiger partial charge < -0.3 is 0 Å². The van der Waals surface area contributed by atoms with Gasteiger partial charge in [-0.05, 0) is 70.8 Å². The summed E-state index contributed by atoms with van der Waals surface area (Å²) in [4.78, 5) is 0.210. The van der Waals surface area contributed by atoms with Gasteiger partial charge in [0.05, 0.1) is 4.83 Å². The molecule has 2 aromatic rings. The van der Waals surface area contributed by atoms with Crippen molar-refractivity contribution in [3.05, 3.63) is 67.2 Å². The monoisotopic (exact) mass is 434 g/mol. The predicted octanol–water partition coefficient (Wildman–Crippen LogP) is 6.05. The molecule has 1 unspecified atom stereocenters. The largest absolute Gasteiger partial charge is 0.0840 e. The van der Waals surface area contributed by atoms with E-state index < -0.39 is 0 Å². The second kappa shape index (κ2) is 5.93. The number of benzene rings is 2. The highest BCUT2D eigenvalue weighted by Crippen LogP contribution is 2.36. The van der Waals surface area contributed by atoms with E-state index >= 15 is 0 Å². The van der Waals surface area contributed by atoms with Crippen molar-refractivity contribution in [2.45, 2.75) is 18.7 Å². The molecular formula is C15H13BrClI. The van der Waals surface area contributed by atoms with E-state index in [1.165, 1.54) is 20.3 Å². The van der Waals surface area contributed by atoms with Crippen molar-refractivity contribution < 1.29 is 0 Å². The Balaban J connectivity index is 2.50. The number of hydrogen-bond donors (Lipinski definition) is 0. The molecule has 0 bridgehead atoms. The summed E-state index contributed by atoms with van der Waals surface area (Å²) in [6.45, 7) is 4.14. The average Bonchev–Trinajstić information content (AvgIpc) is 2.33. The second-order valence-electron chi connectivity index (χ2n) is 4.34. The molecule has 0 aliphatic rings. The first-order valence-electron chi connectivity index (χ1n) is 5.66. The van der Waals surface area contributed by atoms with Gasteiger partial charge >= 0.3 is 0 Å². The second-order valence-corrected chi connectivity index (χ2v) is 6.83. The van der Waals surface area contributed by atoms with Crippen molar-refractivity contribution in [3.63, 3.8) is 0 Å². The fraction of sp³-hybridized carbons (Fsp3) is 0.200. The molecule has 0 nitrogen and oxygen atoms in total. The molecule has 0 N–H and O–H groups in total. The Hall–Kier alpha value is -0.0600. The first-order valence-corrected chi connectivity index (χ1v) is 8.03. The summed E-state index contributed by atoms with van der Waals surface area (Å²) in [5.74, 6) is 0. The van der Waals surface area contributed by atoms with Crippen molar-refractivity contribution in [1.82, 2.24) is 0 Å². The third-order valence-corrected chi connectivity index (χ3v) is 5.37. The van der Waals surface area contributed by atoms with Crippen LogP contribution in [0.1, 0.15) is 27.1 Å². The van der Waals surface area contributed by atoms with E-state index in [-0.39, 0.29) is 4.83 Å². The van der Waals surface area contributed by atoms with Gasteiger partial charge in [0, 0.05) is 8.59 Å². The van der Waals surface area contributed by atoms with Crippen molar-refractivity contribution in [3.8, 4) is 0 Å². The van der Waals surface area contributed by atoms with E-state index in [4.69, 9.17) is 11.6 Å². The fourth-order valence-corrected chi connectivity index (χ4v) is 4.16. The predicted molar refractivity (Wildman–Crippen MR) is 90.9 cm³/mol. The van der Waals surface area contributed by atoms with Gasteiger partial charge in [-0.15, -0.1) is 0 Å². The minimum absolute atomic E-state index is 0.210. The van der Waals surface area contributed by atoms with Gasteiger partial charge in [-0.1, -0.05) is 51.8 Å². The summed E-state index contributed by atoms with van der Waals surface area (Å²) in [6, 6.07) is 12.6. The number of halogens is 3. The highest BCUT2D eigenvalue weighted by atomic mass is 127. The summed E-state index contributed by atoms with van der Waals surface area (Å²) >= 11 is 12.3. The fourth-order valence-electron chi connectivity index (χ4n) is 1.92. The van der Waals surface area contributed by atoms with E-state index in [9.17, 15) is 0 Å². The first-order chi connectivity index (χ1) is 8.50. The van der Waals surface area contributed by atoms with Crippen molar-refractivity contribution >= 4 is 50.1 Å². The average molecular weight is 436 g/mol. The van der Waals surface area contributed by atoms with Crippen LogP contribution >= 0.6 is 50.1 Å². The highest BCUT2D eigenvalue weighted by molar-refractivity contribution is 14.1. The van der Waals surface area contributed by atoms with Crippen LogP contribution in [0.5, 0.6) is 0 Å². The van der Waals surface area contributed by atoms with Crippen LogP contribution in [0.15, 0.2) is 36.4 Å². The quantitative estimate of drug-likeness (QED) is 0.398. The van der Waals surface area contributed by atoms with Crippen LogP contribution in [0.3, 0.4) is 0 Å². The van der Waals surface area contributed by atoms with E-state index in [1.54, 1.807) is 0 Å². The van der Waals surface area contributed by atoms with Crippen LogP contribution in [0.4, 0.5) is 0 Å². The highest BCUT2D eigenvalue weighted by Gasteiger charge is 2.16. The third kappa shape index (κ3) is 2.91. The van der Waals surface area contributed by atoms with E-state index in [0.29, 0.717) is 0 Å². The van der Waals surface area contributed by atoms with Crippen LogP contribution in [0.25, 0.3) is 0 Å². The molecule has 0 saturated carbocycles. The molecular weight excluding hydrogens is 422 g/mol. The number of alkyl halides is 1. The molecule has 0 spiro atoms. The van der Waals surface area contributed by atoms with Crippen LogP contribution in [0.2, 0.25) is 5.02 Å². The minimum Gasteiger partial charge on any atom is -0.0840 e. The normalized spacial score (nSPS) is 12.5. The van der Waals surface area contributed by atoms with E-state index in [2.05, 4.69) is 75.8 Å². The number of rotatable bonds is 2. The Labute approximate surface area is 135 Å². The summed E-state index contributed by atoms with van der Waals surface area (Å²) in [5, 5.41) is 0.832. The van der Waals surface area contributed by atoms with Crippen molar-refractivity contribution in [2.75, 3.05) is 0 Å². The molecule has 0 aliphatic carbocycles. The maximum absolute atomic E-state index is 6.15. The molecule has 2 rings (SSSR count). The molecule has 0 aromatic heterocycles. The lowest BCUT2D eigenvalue weighted by atomic mass is 9.98. The zero-order valence-corrected chi connectivity index (χ0v) is 14.7.